The van der Waals surface area contributed by atoms with Crippen LogP contribution in [0.4, 0.5) is 5.69 Å². The van der Waals surface area contributed by atoms with Gasteiger partial charge in [0, 0.05) is 18.8 Å². The molecule has 8 heteroatoms. The maximum Gasteiger partial charge on any atom is 0.236 e. The van der Waals surface area contributed by atoms with E-state index in [1.54, 1.807) is 31.8 Å². The highest BCUT2D eigenvalue weighted by Crippen LogP contribution is 2.30. The monoisotopic (exact) mass is 386 g/mol. The molecule has 142 valence electrons. The molecule has 27 heavy (non-hydrogen) atoms. The number of hydrogen-bond donors (Lipinski definition) is 2. The van der Waals surface area contributed by atoms with Crippen molar-refractivity contribution in [2.45, 2.75) is 13.5 Å². The Morgan fingerprint density at radius 1 is 1.30 bits per heavy atom. The van der Waals surface area contributed by atoms with Crippen LogP contribution in [0.2, 0.25) is 0 Å². The maximum atomic E-state index is 5.54. The molecule has 0 atom stereocenters. The van der Waals surface area contributed by atoms with Gasteiger partial charge in [-0.05, 0) is 30.5 Å². The number of methoxy groups -OCH3 is 1. The van der Waals surface area contributed by atoms with Crippen LogP contribution in [-0.2, 0) is 6.54 Å². The Labute approximate surface area is 162 Å². The molecular formula is C19H22N4O3S. The number of nitrogens with zero attached hydrogens (tertiary/aromatic N) is 2. The maximum absolute atomic E-state index is 5.54. The van der Waals surface area contributed by atoms with Crippen LogP contribution in [0.5, 0.6) is 11.5 Å². The predicted molar refractivity (Wildman–Crippen MR) is 108 cm³/mol. The molecule has 0 amide bonds. The first kappa shape index (κ1) is 18.8. The standard InChI is InChI=1S/C19H22N4O3S/c1-4-25-15-8-7-13(10-16(15)24-3)23-19(20-2)21-11-14-12-26-18(22-14)17-6-5-9-27-17/h5-10,12H,4,11H2,1-3H3,(H2,20,21,23). The second-order valence-electron chi connectivity index (χ2n) is 5.47. The van der Waals surface area contributed by atoms with E-state index in [9.17, 15) is 0 Å². The van der Waals surface area contributed by atoms with Gasteiger partial charge in [-0.25, -0.2) is 4.98 Å². The summed E-state index contributed by atoms with van der Waals surface area (Å²) < 4.78 is 16.4. The average molecular weight is 386 g/mol. The van der Waals surface area contributed by atoms with Gasteiger partial charge in [-0.15, -0.1) is 11.3 Å². The molecule has 2 aromatic heterocycles. The van der Waals surface area contributed by atoms with Gasteiger partial charge in [-0.1, -0.05) is 6.07 Å². The lowest BCUT2D eigenvalue weighted by Crippen LogP contribution is -2.30. The van der Waals surface area contributed by atoms with Crippen molar-refractivity contribution in [3.63, 3.8) is 0 Å². The molecule has 3 aromatic rings. The topological polar surface area (TPSA) is 80.9 Å². The summed E-state index contributed by atoms with van der Waals surface area (Å²) in [6.45, 7) is 3.01. The van der Waals surface area contributed by atoms with E-state index in [1.807, 2.05) is 42.6 Å². The van der Waals surface area contributed by atoms with Gasteiger partial charge in [-0.2, -0.15) is 0 Å². The Kier molecular flexibility index (Phi) is 6.32. The van der Waals surface area contributed by atoms with Crippen molar-refractivity contribution in [2.24, 2.45) is 4.99 Å². The number of guanidine groups is 1. The summed E-state index contributed by atoms with van der Waals surface area (Å²) in [5.41, 5.74) is 1.63. The highest BCUT2D eigenvalue weighted by molar-refractivity contribution is 7.13. The molecule has 3 rings (SSSR count). The third-order valence-corrected chi connectivity index (χ3v) is 4.53. The van der Waals surface area contributed by atoms with Crippen LogP contribution in [0, 0.1) is 0 Å². The molecule has 0 bridgehead atoms. The first-order chi connectivity index (χ1) is 13.2. The number of ether oxygens (including phenoxy) is 2. The van der Waals surface area contributed by atoms with Crippen molar-refractivity contribution < 1.29 is 13.9 Å². The summed E-state index contributed by atoms with van der Waals surface area (Å²) in [5.74, 6) is 2.61. The molecule has 0 aliphatic heterocycles. The third kappa shape index (κ3) is 4.79. The predicted octanol–water partition coefficient (Wildman–Crippen LogP) is 4.00. The Morgan fingerprint density at radius 3 is 2.89 bits per heavy atom. The number of nitrogens with one attached hydrogen (secondary N) is 2. The molecule has 0 fully saturated rings. The number of hydrogen-bond acceptors (Lipinski definition) is 6. The molecule has 7 nitrogen and oxygen atoms in total. The van der Waals surface area contributed by atoms with Gasteiger partial charge in [0.15, 0.2) is 17.5 Å². The zero-order valence-electron chi connectivity index (χ0n) is 15.5. The number of oxazole rings is 1. The van der Waals surface area contributed by atoms with Crippen molar-refractivity contribution in [3.8, 4) is 22.3 Å². The van der Waals surface area contributed by atoms with Crippen LogP contribution in [0.1, 0.15) is 12.6 Å². The molecule has 2 heterocycles. The fourth-order valence-electron chi connectivity index (χ4n) is 2.41. The quantitative estimate of drug-likeness (QED) is 0.472. The number of aromatic nitrogens is 1. The number of aliphatic imine (C=N–C) groups is 1. The summed E-state index contributed by atoms with van der Waals surface area (Å²) in [5, 5.41) is 8.44. The zero-order chi connectivity index (χ0) is 19.1. The van der Waals surface area contributed by atoms with Gasteiger partial charge in [0.25, 0.3) is 0 Å². The van der Waals surface area contributed by atoms with E-state index in [-0.39, 0.29) is 0 Å². The van der Waals surface area contributed by atoms with Crippen LogP contribution < -0.4 is 20.1 Å². The van der Waals surface area contributed by atoms with Gasteiger partial charge < -0.3 is 24.5 Å². The minimum atomic E-state index is 0.489. The van der Waals surface area contributed by atoms with E-state index in [0.29, 0.717) is 36.5 Å². The summed E-state index contributed by atoms with van der Waals surface area (Å²) in [7, 11) is 3.32. The number of thiophene rings is 1. The number of benzene rings is 1. The van der Waals surface area contributed by atoms with Gasteiger partial charge in [0.05, 0.1) is 30.8 Å². The fraction of sp³-hybridized carbons (Fsp3) is 0.263. The number of rotatable bonds is 7. The van der Waals surface area contributed by atoms with Crippen molar-refractivity contribution in [1.29, 1.82) is 0 Å². The van der Waals surface area contributed by atoms with Crippen LogP contribution in [-0.4, -0.2) is 31.7 Å². The SMILES string of the molecule is CCOc1ccc(NC(=NC)NCc2coc(-c3cccs3)n2)cc1OC. The van der Waals surface area contributed by atoms with Crippen LogP contribution in [0.3, 0.4) is 0 Å². The summed E-state index contributed by atoms with van der Waals surface area (Å²) >= 11 is 1.59. The zero-order valence-corrected chi connectivity index (χ0v) is 16.3. The fourth-order valence-corrected chi connectivity index (χ4v) is 3.07. The van der Waals surface area contributed by atoms with Gasteiger partial charge in [-0.3, -0.25) is 4.99 Å². The Balaban J connectivity index is 1.61. The van der Waals surface area contributed by atoms with Gasteiger partial charge in [0.2, 0.25) is 5.89 Å². The van der Waals surface area contributed by atoms with E-state index < -0.39 is 0 Å². The highest BCUT2D eigenvalue weighted by atomic mass is 32.1. The molecule has 0 aliphatic carbocycles. The third-order valence-electron chi connectivity index (χ3n) is 3.67. The van der Waals surface area contributed by atoms with Crippen molar-refractivity contribution >= 4 is 23.0 Å². The smallest absolute Gasteiger partial charge is 0.236 e. The van der Waals surface area contributed by atoms with E-state index in [4.69, 9.17) is 13.9 Å². The molecule has 0 saturated heterocycles. The van der Waals surface area contributed by atoms with Crippen molar-refractivity contribution in [2.75, 3.05) is 26.1 Å². The first-order valence-electron chi connectivity index (χ1n) is 8.50. The first-order valence-corrected chi connectivity index (χ1v) is 9.38. The van der Waals surface area contributed by atoms with E-state index in [2.05, 4.69) is 20.6 Å². The van der Waals surface area contributed by atoms with Crippen molar-refractivity contribution in [1.82, 2.24) is 10.3 Å². The minimum Gasteiger partial charge on any atom is -0.493 e. The average Bonchev–Trinajstić information content (AvgIpc) is 3.37. The lowest BCUT2D eigenvalue weighted by molar-refractivity contribution is 0.311. The normalized spacial score (nSPS) is 11.3. The summed E-state index contributed by atoms with van der Waals surface area (Å²) in [6.07, 6.45) is 1.65. The number of anilines is 1. The lowest BCUT2D eigenvalue weighted by Gasteiger charge is -2.14. The second kappa shape index (κ2) is 9.09. The molecule has 1 aromatic carbocycles. The molecule has 0 unspecified atom stereocenters. The molecule has 0 saturated carbocycles. The van der Waals surface area contributed by atoms with Crippen LogP contribution >= 0.6 is 11.3 Å². The minimum absolute atomic E-state index is 0.489. The van der Waals surface area contributed by atoms with Crippen LogP contribution in [0.25, 0.3) is 10.8 Å². The van der Waals surface area contributed by atoms with Crippen LogP contribution in [0.15, 0.2) is 51.4 Å². The Hall–Kier alpha value is -3.00. The molecule has 0 radical (unpaired) electrons. The lowest BCUT2D eigenvalue weighted by atomic mass is 10.2. The molecule has 0 aliphatic rings. The summed E-state index contributed by atoms with van der Waals surface area (Å²) in [4.78, 5) is 9.73. The molecular weight excluding hydrogens is 364 g/mol. The second-order valence-corrected chi connectivity index (χ2v) is 6.42. The van der Waals surface area contributed by atoms with E-state index in [1.165, 1.54) is 0 Å². The van der Waals surface area contributed by atoms with E-state index >= 15 is 0 Å². The largest absolute Gasteiger partial charge is 0.493 e. The highest BCUT2D eigenvalue weighted by Gasteiger charge is 2.09. The van der Waals surface area contributed by atoms with Crippen molar-refractivity contribution in [3.05, 3.63) is 47.7 Å². The molecule has 2 N–H and O–H groups in total. The molecule has 0 spiro atoms. The Bertz CT molecular complexity index is 890. The van der Waals surface area contributed by atoms with Gasteiger partial charge >= 0.3 is 0 Å². The van der Waals surface area contributed by atoms with E-state index in [0.717, 1.165) is 16.3 Å². The Morgan fingerprint density at radius 2 is 2.19 bits per heavy atom. The summed E-state index contributed by atoms with van der Waals surface area (Å²) in [6, 6.07) is 9.59. The van der Waals surface area contributed by atoms with Gasteiger partial charge in [0.1, 0.15) is 6.26 Å².